The molecule has 2 aromatic carbocycles. The van der Waals surface area contributed by atoms with Crippen LogP contribution in [0.3, 0.4) is 0 Å². The van der Waals surface area contributed by atoms with Crippen molar-refractivity contribution in [2.45, 2.75) is 0 Å². The summed E-state index contributed by atoms with van der Waals surface area (Å²) >= 11 is 0. The number of likely N-dealkylation sites (N-methyl/N-ethyl adjacent to an activating group) is 1. The maximum Gasteiger partial charge on any atom is 0.256 e. The minimum atomic E-state index is -0.380. The van der Waals surface area contributed by atoms with Gasteiger partial charge in [-0.2, -0.15) is 0 Å². The smallest absolute Gasteiger partial charge is 0.256 e. The molecule has 0 fully saturated rings. The van der Waals surface area contributed by atoms with E-state index in [-0.39, 0.29) is 30.8 Å². The number of carbonyl (C=O) groups is 3. The summed E-state index contributed by atoms with van der Waals surface area (Å²) in [6.07, 6.45) is 0. The number of para-hydroxylation sites is 3. The zero-order valence-electron chi connectivity index (χ0n) is 14.6. The van der Waals surface area contributed by atoms with E-state index in [2.05, 4.69) is 5.32 Å². The molecule has 0 spiro atoms. The third-order valence-corrected chi connectivity index (χ3v) is 4.13. The molecular weight excluding hydrogens is 334 g/mol. The van der Waals surface area contributed by atoms with E-state index in [9.17, 15) is 14.4 Å². The van der Waals surface area contributed by atoms with Gasteiger partial charge in [-0.05, 0) is 24.3 Å². The van der Waals surface area contributed by atoms with Crippen molar-refractivity contribution in [3.8, 4) is 5.75 Å². The summed E-state index contributed by atoms with van der Waals surface area (Å²) in [6, 6.07) is 13.8. The zero-order valence-corrected chi connectivity index (χ0v) is 14.6. The Labute approximate surface area is 151 Å². The molecule has 0 aromatic heterocycles. The highest BCUT2D eigenvalue weighted by Crippen LogP contribution is 2.26. The Kier molecular flexibility index (Phi) is 4.88. The fourth-order valence-electron chi connectivity index (χ4n) is 2.84. The molecule has 7 nitrogen and oxygen atoms in total. The minimum absolute atomic E-state index is 0.0878. The van der Waals surface area contributed by atoms with Crippen LogP contribution in [-0.4, -0.2) is 49.9 Å². The van der Waals surface area contributed by atoms with Crippen molar-refractivity contribution in [3.63, 3.8) is 0 Å². The van der Waals surface area contributed by atoms with E-state index in [1.165, 1.54) is 16.9 Å². The molecule has 0 saturated heterocycles. The van der Waals surface area contributed by atoms with E-state index in [1.807, 2.05) is 0 Å². The van der Waals surface area contributed by atoms with Gasteiger partial charge in [-0.1, -0.05) is 24.3 Å². The molecule has 3 rings (SSSR count). The summed E-state index contributed by atoms with van der Waals surface area (Å²) in [5, 5.41) is 2.75. The number of amides is 3. The molecular formula is C19H19N3O4. The van der Waals surface area contributed by atoms with Crippen LogP contribution in [0.4, 0.5) is 11.4 Å². The number of benzene rings is 2. The number of methoxy groups -OCH3 is 1. The average Bonchev–Trinajstić information content (AvgIpc) is 2.73. The van der Waals surface area contributed by atoms with Crippen LogP contribution in [0.25, 0.3) is 0 Å². The van der Waals surface area contributed by atoms with Gasteiger partial charge < -0.3 is 19.9 Å². The first-order chi connectivity index (χ1) is 12.5. The van der Waals surface area contributed by atoms with Crippen molar-refractivity contribution in [1.82, 2.24) is 4.90 Å². The number of hydrogen-bond acceptors (Lipinski definition) is 4. The standard InChI is InChI=1S/C19H19N3O4/c1-21-12-18(24)22(15-9-5-3-7-13(15)19(21)25)11-17(23)20-14-8-4-6-10-16(14)26-2/h3-10H,11-12H2,1-2H3,(H,20,23). The Morgan fingerprint density at radius 1 is 1.12 bits per heavy atom. The molecule has 1 aliphatic heterocycles. The lowest BCUT2D eigenvalue weighted by atomic mass is 10.1. The van der Waals surface area contributed by atoms with Crippen LogP contribution in [0.5, 0.6) is 5.75 Å². The van der Waals surface area contributed by atoms with Crippen LogP contribution in [0.1, 0.15) is 10.4 Å². The quantitative estimate of drug-likeness (QED) is 0.908. The normalized spacial score (nSPS) is 13.9. The second-order valence-electron chi connectivity index (χ2n) is 5.91. The second-order valence-corrected chi connectivity index (χ2v) is 5.91. The number of nitrogens with one attached hydrogen (secondary N) is 1. The van der Waals surface area contributed by atoms with Crippen molar-refractivity contribution in [3.05, 3.63) is 54.1 Å². The predicted molar refractivity (Wildman–Crippen MR) is 97.4 cm³/mol. The second kappa shape index (κ2) is 7.26. The highest BCUT2D eigenvalue weighted by Gasteiger charge is 2.30. The molecule has 1 aliphatic rings. The molecule has 26 heavy (non-hydrogen) atoms. The Morgan fingerprint density at radius 3 is 2.58 bits per heavy atom. The minimum Gasteiger partial charge on any atom is -0.495 e. The molecule has 0 bridgehead atoms. The summed E-state index contributed by atoms with van der Waals surface area (Å²) in [5.74, 6) is -0.421. The van der Waals surface area contributed by atoms with Gasteiger partial charge in [0.05, 0.1) is 24.0 Å². The fraction of sp³-hybridized carbons (Fsp3) is 0.211. The molecule has 0 atom stereocenters. The van der Waals surface area contributed by atoms with Crippen molar-refractivity contribution in [2.24, 2.45) is 0 Å². The van der Waals surface area contributed by atoms with E-state index in [4.69, 9.17) is 4.74 Å². The number of fused-ring (bicyclic) bond motifs is 1. The maximum absolute atomic E-state index is 12.6. The highest BCUT2D eigenvalue weighted by atomic mass is 16.5. The van der Waals surface area contributed by atoms with Gasteiger partial charge in [0, 0.05) is 7.05 Å². The van der Waals surface area contributed by atoms with Crippen LogP contribution in [0.2, 0.25) is 0 Å². The molecule has 134 valence electrons. The van der Waals surface area contributed by atoms with Crippen LogP contribution in [0, 0.1) is 0 Å². The lowest BCUT2D eigenvalue weighted by Crippen LogP contribution is -2.41. The maximum atomic E-state index is 12.6. The van der Waals surface area contributed by atoms with Crippen molar-refractivity contribution < 1.29 is 19.1 Å². The molecule has 0 unspecified atom stereocenters. The van der Waals surface area contributed by atoms with Gasteiger partial charge in [0.25, 0.3) is 5.91 Å². The summed E-state index contributed by atoms with van der Waals surface area (Å²) < 4.78 is 5.22. The molecule has 7 heteroatoms. The van der Waals surface area contributed by atoms with Crippen molar-refractivity contribution in [2.75, 3.05) is 37.5 Å². The Bertz CT molecular complexity index is 865. The number of carbonyl (C=O) groups excluding carboxylic acids is 3. The SMILES string of the molecule is COc1ccccc1NC(=O)CN1C(=O)CN(C)C(=O)c2ccccc21. The molecule has 1 N–H and O–H groups in total. The Balaban J connectivity index is 1.86. The lowest BCUT2D eigenvalue weighted by Gasteiger charge is -2.22. The zero-order chi connectivity index (χ0) is 18.7. The summed E-state index contributed by atoms with van der Waals surface area (Å²) in [7, 11) is 3.08. The van der Waals surface area contributed by atoms with Crippen LogP contribution < -0.4 is 15.0 Å². The predicted octanol–water partition coefficient (Wildman–Crippen LogP) is 1.75. The lowest BCUT2D eigenvalue weighted by molar-refractivity contribution is -0.121. The van der Waals surface area contributed by atoms with Crippen LogP contribution in [-0.2, 0) is 9.59 Å². The van der Waals surface area contributed by atoms with Crippen LogP contribution in [0.15, 0.2) is 48.5 Å². The Morgan fingerprint density at radius 2 is 1.81 bits per heavy atom. The fourth-order valence-corrected chi connectivity index (χ4v) is 2.84. The largest absolute Gasteiger partial charge is 0.495 e. The van der Waals surface area contributed by atoms with Gasteiger partial charge in [0.2, 0.25) is 11.8 Å². The summed E-state index contributed by atoms with van der Waals surface area (Å²) in [5.41, 5.74) is 1.34. The van der Waals surface area contributed by atoms with Gasteiger partial charge in [0.1, 0.15) is 18.8 Å². The van der Waals surface area contributed by atoms with Gasteiger partial charge >= 0.3 is 0 Å². The first-order valence-electron chi connectivity index (χ1n) is 8.09. The van der Waals surface area contributed by atoms with E-state index >= 15 is 0 Å². The number of rotatable bonds is 4. The average molecular weight is 353 g/mol. The van der Waals surface area contributed by atoms with Crippen molar-refractivity contribution >= 4 is 29.1 Å². The Hall–Kier alpha value is -3.35. The van der Waals surface area contributed by atoms with Gasteiger partial charge in [-0.15, -0.1) is 0 Å². The van der Waals surface area contributed by atoms with E-state index in [0.717, 1.165) is 0 Å². The molecule has 2 aromatic rings. The van der Waals surface area contributed by atoms with Gasteiger partial charge in [-0.3, -0.25) is 14.4 Å². The molecule has 0 radical (unpaired) electrons. The number of ether oxygens (including phenoxy) is 1. The number of hydrogen-bond donors (Lipinski definition) is 1. The molecule has 3 amide bonds. The molecule has 1 heterocycles. The van der Waals surface area contributed by atoms with E-state index in [1.54, 1.807) is 55.6 Å². The van der Waals surface area contributed by atoms with Gasteiger partial charge in [-0.25, -0.2) is 0 Å². The van der Waals surface area contributed by atoms with Crippen LogP contribution >= 0.6 is 0 Å². The number of anilines is 2. The monoisotopic (exact) mass is 353 g/mol. The van der Waals surface area contributed by atoms with E-state index in [0.29, 0.717) is 22.7 Å². The summed E-state index contributed by atoms with van der Waals surface area (Å²) in [4.78, 5) is 40.2. The topological polar surface area (TPSA) is 79.0 Å². The molecule has 0 saturated carbocycles. The first-order valence-corrected chi connectivity index (χ1v) is 8.09. The van der Waals surface area contributed by atoms with Gasteiger partial charge in [0.15, 0.2) is 0 Å². The first kappa shape index (κ1) is 17.5. The van der Waals surface area contributed by atoms with E-state index < -0.39 is 0 Å². The highest BCUT2D eigenvalue weighted by molar-refractivity contribution is 6.12. The summed E-state index contributed by atoms with van der Waals surface area (Å²) in [6.45, 7) is -0.287. The number of nitrogens with zero attached hydrogens (tertiary/aromatic N) is 2. The third kappa shape index (κ3) is 3.37. The third-order valence-electron chi connectivity index (χ3n) is 4.13. The van der Waals surface area contributed by atoms with Crippen molar-refractivity contribution in [1.29, 1.82) is 0 Å². The molecule has 0 aliphatic carbocycles.